The average Bonchev–Trinajstić information content (AvgIpc) is 3.73. The Kier molecular flexibility index (Phi) is 4.59. The van der Waals surface area contributed by atoms with Crippen LogP contribution < -0.4 is 4.90 Å². The maximum absolute atomic E-state index is 12.1. The van der Waals surface area contributed by atoms with Crippen LogP contribution in [0.1, 0.15) is 24.7 Å². The molecular weight excluding hydrogens is 669 g/mol. The van der Waals surface area contributed by atoms with Crippen LogP contribution in [-0.4, -0.2) is 9.67 Å². The third kappa shape index (κ3) is 5.70. The summed E-state index contributed by atoms with van der Waals surface area (Å²) in [5.41, 5.74) is 0.486. The molecule has 0 atom stereocenters. The Morgan fingerprint density at radius 1 is 0.418 bits per heavy atom. The van der Waals surface area contributed by atoms with Crippen molar-refractivity contribution in [3.05, 3.63) is 212 Å². The van der Waals surface area contributed by atoms with Crippen LogP contribution in [0, 0.1) is 0 Å². The molecule has 0 saturated carbocycles. The maximum Gasteiger partial charge on any atom is 0.131 e. The lowest BCUT2D eigenvalue weighted by atomic mass is 9.95. The topological polar surface area (TPSA) is 28.4 Å². The number of hydrogen-bond donors (Lipinski definition) is 1. The minimum atomic E-state index is -1.06. The molecule has 0 amide bonds. The van der Waals surface area contributed by atoms with Crippen LogP contribution in [0.25, 0.3) is 71.6 Å². The first kappa shape index (κ1) is 18.6. The summed E-state index contributed by atoms with van der Waals surface area (Å²) < 4.78 is 161. The van der Waals surface area contributed by atoms with Gasteiger partial charge in [0.15, 0.2) is 0 Å². The van der Waals surface area contributed by atoms with Crippen LogP contribution in [0.4, 0.5) is 17.1 Å². The van der Waals surface area contributed by atoms with Gasteiger partial charge in [-0.2, -0.15) is 0 Å². The molecule has 3 heteroatoms. The van der Waals surface area contributed by atoms with E-state index >= 15 is 0 Å². The predicted octanol–water partition coefficient (Wildman–Crippen LogP) is 14.1. The molecule has 55 heavy (non-hydrogen) atoms. The van der Waals surface area contributed by atoms with Crippen molar-refractivity contribution in [3.8, 4) is 44.8 Å². The Morgan fingerprint density at radius 2 is 1.00 bits per heavy atom. The summed E-state index contributed by atoms with van der Waals surface area (Å²) in [6.45, 7) is 0. The first-order valence-electron chi connectivity index (χ1n) is 26.2. The summed E-state index contributed by atoms with van der Waals surface area (Å²) in [4.78, 5) is 1.02. The highest BCUT2D eigenvalue weighted by atomic mass is 16.3. The van der Waals surface area contributed by atoms with Crippen LogP contribution in [-0.2, 0) is 0 Å². The largest absolute Gasteiger partial charge is 0.507 e. The Balaban J connectivity index is 1.18. The van der Waals surface area contributed by atoms with Gasteiger partial charge in [0.25, 0.3) is 0 Å². The fraction of sp³-hybridized carbons (Fsp3) is 0. The zero-order chi connectivity index (χ0) is 52.4. The van der Waals surface area contributed by atoms with Gasteiger partial charge in [0.05, 0.1) is 41.4 Å². The molecule has 1 aromatic heterocycles. The number of phenolic OH excluding ortho intramolecular Hbond substituents is 1. The van der Waals surface area contributed by atoms with E-state index in [1.807, 2.05) is 72.8 Å². The van der Waals surface area contributed by atoms with E-state index < -0.39 is 148 Å². The van der Waals surface area contributed by atoms with Crippen molar-refractivity contribution in [2.24, 2.45) is 0 Å². The van der Waals surface area contributed by atoms with Crippen molar-refractivity contribution < 1.29 is 29.8 Å². The van der Waals surface area contributed by atoms with Crippen LogP contribution in [0.15, 0.2) is 212 Å². The fourth-order valence-corrected chi connectivity index (χ4v) is 6.90. The van der Waals surface area contributed by atoms with Gasteiger partial charge in [-0.1, -0.05) is 151 Å². The van der Waals surface area contributed by atoms with Crippen molar-refractivity contribution in [2.45, 2.75) is 0 Å². The van der Waals surface area contributed by atoms with E-state index in [1.165, 1.54) is 0 Å². The van der Waals surface area contributed by atoms with Crippen molar-refractivity contribution in [2.75, 3.05) is 4.90 Å². The summed E-state index contributed by atoms with van der Waals surface area (Å²) in [5, 5.41) is 13.6. The molecule has 0 aliphatic rings. The molecule has 0 aliphatic heterocycles. The lowest BCUT2D eigenvalue weighted by molar-refractivity contribution is 0.479. The summed E-state index contributed by atoms with van der Waals surface area (Å²) in [7, 11) is 0. The third-order valence-electron chi connectivity index (χ3n) is 9.40. The van der Waals surface area contributed by atoms with Gasteiger partial charge in [-0.15, -0.1) is 0 Å². The molecule has 0 bridgehead atoms. The first-order valence-corrected chi connectivity index (χ1v) is 17.2. The molecule has 1 heterocycles. The molecule has 260 valence electrons. The molecule has 10 rings (SSSR count). The number of anilines is 3. The Labute approximate surface area is 345 Å². The second-order valence-electron chi connectivity index (χ2n) is 12.5. The number of aromatic nitrogens is 1. The van der Waals surface area contributed by atoms with E-state index in [0.29, 0.717) is 5.56 Å². The predicted molar refractivity (Wildman–Crippen MR) is 231 cm³/mol. The molecule has 10 aromatic rings. The average molecular weight is 723 g/mol. The number of hydrogen-bond acceptors (Lipinski definition) is 2. The van der Waals surface area contributed by atoms with Crippen molar-refractivity contribution >= 4 is 49.6 Å². The molecule has 3 nitrogen and oxygen atoms in total. The molecule has 0 spiro atoms. The minimum Gasteiger partial charge on any atom is -0.507 e. The molecule has 0 radical (unpaired) electrons. The highest BCUT2D eigenvalue weighted by Gasteiger charge is 2.18. The second-order valence-corrected chi connectivity index (χ2v) is 12.5. The Hall–Kier alpha value is -7.36. The number of rotatable bonds is 7. The van der Waals surface area contributed by atoms with E-state index in [2.05, 4.69) is 4.57 Å². The van der Waals surface area contributed by atoms with Gasteiger partial charge in [-0.05, 0) is 88.0 Å². The van der Waals surface area contributed by atoms with Crippen molar-refractivity contribution in [1.29, 1.82) is 0 Å². The van der Waals surface area contributed by atoms with E-state index in [0.717, 1.165) is 44.0 Å². The van der Waals surface area contributed by atoms with Crippen molar-refractivity contribution in [1.82, 2.24) is 4.57 Å². The van der Waals surface area contributed by atoms with E-state index in [9.17, 15) is 10.6 Å². The number of phenols is 1. The summed E-state index contributed by atoms with van der Waals surface area (Å²) >= 11 is 0. The summed E-state index contributed by atoms with van der Waals surface area (Å²) in [6.07, 6.45) is 0. The summed E-state index contributed by atoms with van der Waals surface area (Å²) in [6, 6.07) is 17.3. The van der Waals surface area contributed by atoms with Crippen LogP contribution in [0.2, 0.25) is 0 Å². The number of para-hydroxylation sites is 5. The normalized spacial score (nSPS) is 15.9. The fourth-order valence-electron chi connectivity index (χ4n) is 6.90. The zero-order valence-corrected chi connectivity index (χ0v) is 28.7. The number of nitrogens with zero attached hydrogens (tertiary/aromatic N) is 2. The molecular formula is C52H36N2O. The zero-order valence-electron chi connectivity index (χ0n) is 46.7. The molecule has 1 N–H and O–H groups in total. The second kappa shape index (κ2) is 13.6. The first-order chi connectivity index (χ1) is 34.7. The van der Waals surface area contributed by atoms with Gasteiger partial charge in [-0.3, -0.25) is 0 Å². The van der Waals surface area contributed by atoms with Gasteiger partial charge in [0, 0.05) is 44.5 Å². The lowest BCUT2D eigenvalue weighted by Crippen LogP contribution is -2.09. The summed E-state index contributed by atoms with van der Waals surface area (Å²) in [5.74, 6) is -1.06. The maximum atomic E-state index is 12.1. The lowest BCUT2D eigenvalue weighted by Gasteiger charge is -2.26. The minimum absolute atomic E-state index is 0.0481. The monoisotopic (exact) mass is 722 g/mol. The highest BCUT2D eigenvalue weighted by Crippen LogP contribution is 2.42. The highest BCUT2D eigenvalue weighted by molar-refractivity contribution is 6.09. The smallest absolute Gasteiger partial charge is 0.131 e. The van der Waals surface area contributed by atoms with E-state index in [4.69, 9.17) is 19.2 Å². The van der Waals surface area contributed by atoms with Gasteiger partial charge >= 0.3 is 0 Å². The number of aromatic hydroxyl groups is 1. The Bertz CT molecular complexity index is 3930. The number of fused-ring (bicyclic) bond motifs is 4. The Morgan fingerprint density at radius 3 is 1.73 bits per heavy atom. The van der Waals surface area contributed by atoms with E-state index in [1.54, 1.807) is 24.3 Å². The van der Waals surface area contributed by atoms with E-state index in [-0.39, 0.29) is 16.5 Å². The molecule has 0 unspecified atom stereocenters. The van der Waals surface area contributed by atoms with Gasteiger partial charge in [0.2, 0.25) is 0 Å². The van der Waals surface area contributed by atoms with Crippen molar-refractivity contribution in [3.63, 3.8) is 0 Å². The third-order valence-corrected chi connectivity index (χ3v) is 9.40. The van der Waals surface area contributed by atoms with Crippen LogP contribution in [0.5, 0.6) is 5.75 Å². The van der Waals surface area contributed by atoms with Crippen LogP contribution >= 0.6 is 0 Å². The molecule has 0 saturated heterocycles. The quantitative estimate of drug-likeness (QED) is 0.177. The van der Waals surface area contributed by atoms with Gasteiger partial charge in [-0.25, -0.2) is 0 Å². The molecule has 9 aromatic carbocycles. The molecule has 0 fully saturated rings. The van der Waals surface area contributed by atoms with Crippen LogP contribution in [0.3, 0.4) is 0 Å². The molecule has 0 aliphatic carbocycles. The van der Waals surface area contributed by atoms with Gasteiger partial charge in [0.1, 0.15) is 5.75 Å². The number of benzene rings is 9. The standard InChI is InChI=1S/C52H36N2O/c55-52-45(20-12-21-46(52)40-26-25-36-13-4-5-14-39(36)35-40)38-29-33-43(34-30-38)53(41-15-2-1-3-16-41)42-31-27-37(28-32-42)44-17-6-9-22-49(44)54-50-23-10-7-18-47(50)48-19-8-11-24-51(48)54/h1-35,55H/i1D,2D,3D,4D,5D,12D,13D,14D,15D,16D,20D,21D,25D,26D,29D,30D,33D,34D. The SMILES string of the molecule is [2H]c1c([2H])c([2H])c(N(c2ccc(-c3ccccc3-n3c4ccccc4c4ccccc43)cc2)c2c([2H])c([2H])c(-c3c([2H])c([2H])c([2H])c(-c4cc5c([2H])c([2H])c([2H])c([2H])c5c([2H])c4[2H])c3O)c([2H])c2[2H])c([2H])c1[2H]. The van der Waals surface area contributed by atoms with Gasteiger partial charge < -0.3 is 14.6 Å².